The van der Waals surface area contributed by atoms with Crippen LogP contribution in [0.5, 0.6) is 0 Å². The number of hydrogen-bond acceptors (Lipinski definition) is 5. The van der Waals surface area contributed by atoms with Gasteiger partial charge in [-0.2, -0.15) is 4.31 Å². The highest BCUT2D eigenvalue weighted by Gasteiger charge is 2.46. The van der Waals surface area contributed by atoms with E-state index in [0.717, 1.165) is 4.31 Å². The summed E-state index contributed by atoms with van der Waals surface area (Å²) >= 11 is 0. The van der Waals surface area contributed by atoms with Crippen molar-refractivity contribution in [1.82, 2.24) is 4.31 Å². The fraction of sp³-hybridized carbons (Fsp3) is 0.385. The molecule has 0 amide bonds. The first kappa shape index (κ1) is 15.5. The lowest BCUT2D eigenvalue weighted by molar-refractivity contribution is -0.160. The maximum Gasteiger partial charge on any atom is 0.335 e. The number of benzene rings is 1. The van der Waals surface area contributed by atoms with Crippen LogP contribution in [0.2, 0.25) is 0 Å². The van der Waals surface area contributed by atoms with Crippen LogP contribution >= 0.6 is 0 Å². The number of aromatic carboxylic acids is 1. The van der Waals surface area contributed by atoms with Crippen molar-refractivity contribution in [3.8, 4) is 0 Å². The molecule has 0 radical (unpaired) electrons. The van der Waals surface area contributed by atoms with Crippen LogP contribution in [-0.2, 0) is 19.6 Å². The minimum atomic E-state index is -3.91. The number of carbonyl (C=O) groups excluding carboxylic acids is 1. The van der Waals surface area contributed by atoms with Gasteiger partial charge in [0.05, 0.1) is 10.5 Å². The summed E-state index contributed by atoms with van der Waals surface area (Å²) in [6.45, 7) is 2.99. The standard InChI is InChI=1S/C13H15NO6S/c1-13(2)12(17)20-8-7-14(13)21(18,19)10-5-3-9(4-6-10)11(15)16/h3-6H,7-8H2,1-2H3,(H,15,16). The van der Waals surface area contributed by atoms with E-state index >= 15 is 0 Å². The lowest BCUT2D eigenvalue weighted by Gasteiger charge is -2.38. The van der Waals surface area contributed by atoms with Crippen LogP contribution < -0.4 is 0 Å². The second-order valence-electron chi connectivity index (χ2n) is 5.10. The highest BCUT2D eigenvalue weighted by Crippen LogP contribution is 2.28. The molecule has 2 rings (SSSR count). The third kappa shape index (κ3) is 2.64. The SMILES string of the molecule is CC1(C)C(=O)OCCN1S(=O)(=O)c1ccc(C(=O)O)cc1. The van der Waals surface area contributed by atoms with Crippen molar-refractivity contribution >= 4 is 22.0 Å². The topological polar surface area (TPSA) is 101 Å². The Balaban J connectivity index is 2.41. The zero-order valence-corrected chi connectivity index (χ0v) is 12.4. The van der Waals surface area contributed by atoms with E-state index in [2.05, 4.69) is 0 Å². The molecule has 1 aromatic carbocycles. The van der Waals surface area contributed by atoms with Gasteiger partial charge in [0.1, 0.15) is 12.1 Å². The predicted octanol–water partition coefficient (Wildman–Crippen LogP) is 0.711. The number of sulfonamides is 1. The Morgan fingerprint density at radius 1 is 1.29 bits per heavy atom. The van der Waals surface area contributed by atoms with Crippen molar-refractivity contribution < 1.29 is 27.9 Å². The van der Waals surface area contributed by atoms with E-state index in [-0.39, 0.29) is 23.6 Å². The summed E-state index contributed by atoms with van der Waals surface area (Å²) in [5.41, 5.74) is -1.31. The first-order chi connectivity index (χ1) is 9.67. The van der Waals surface area contributed by atoms with Gasteiger partial charge in [-0.05, 0) is 38.1 Å². The molecule has 8 heteroatoms. The van der Waals surface area contributed by atoms with Gasteiger partial charge in [-0.3, -0.25) is 4.79 Å². The quantitative estimate of drug-likeness (QED) is 0.825. The lowest BCUT2D eigenvalue weighted by Crippen LogP contribution is -2.58. The van der Waals surface area contributed by atoms with E-state index in [1.54, 1.807) is 0 Å². The minimum absolute atomic E-state index is 0.00526. The van der Waals surface area contributed by atoms with E-state index in [0.29, 0.717) is 0 Å². The number of rotatable bonds is 3. The molecule has 1 heterocycles. The van der Waals surface area contributed by atoms with Gasteiger partial charge in [0, 0.05) is 6.54 Å². The Hall–Kier alpha value is -1.93. The van der Waals surface area contributed by atoms with Gasteiger partial charge < -0.3 is 9.84 Å². The predicted molar refractivity (Wildman–Crippen MR) is 72.3 cm³/mol. The first-order valence-electron chi connectivity index (χ1n) is 6.21. The van der Waals surface area contributed by atoms with Crippen LogP contribution in [0.25, 0.3) is 0 Å². The molecule has 1 N–H and O–H groups in total. The molecular formula is C13H15NO6S. The summed E-state index contributed by atoms with van der Waals surface area (Å²) in [6.07, 6.45) is 0. The van der Waals surface area contributed by atoms with E-state index in [1.807, 2.05) is 0 Å². The highest BCUT2D eigenvalue weighted by atomic mass is 32.2. The molecule has 21 heavy (non-hydrogen) atoms. The van der Waals surface area contributed by atoms with Gasteiger partial charge in [-0.15, -0.1) is 0 Å². The molecule has 1 fully saturated rings. The zero-order chi connectivity index (χ0) is 15.8. The Bertz CT molecular complexity index is 677. The number of morpholine rings is 1. The van der Waals surface area contributed by atoms with Crippen molar-refractivity contribution in [2.24, 2.45) is 0 Å². The van der Waals surface area contributed by atoms with Crippen LogP contribution in [0.1, 0.15) is 24.2 Å². The molecule has 0 aliphatic carbocycles. The summed E-state index contributed by atoms with van der Waals surface area (Å²) in [6, 6.07) is 4.86. The number of hydrogen-bond donors (Lipinski definition) is 1. The molecule has 7 nitrogen and oxygen atoms in total. The third-order valence-corrected chi connectivity index (χ3v) is 5.43. The highest BCUT2D eigenvalue weighted by molar-refractivity contribution is 7.89. The summed E-state index contributed by atoms with van der Waals surface area (Å²) in [4.78, 5) is 22.5. The van der Waals surface area contributed by atoms with Crippen molar-refractivity contribution in [3.05, 3.63) is 29.8 Å². The van der Waals surface area contributed by atoms with Crippen LogP contribution in [0.15, 0.2) is 29.2 Å². The molecule has 1 saturated heterocycles. The van der Waals surface area contributed by atoms with Crippen molar-refractivity contribution in [1.29, 1.82) is 0 Å². The van der Waals surface area contributed by atoms with Crippen molar-refractivity contribution in [3.63, 3.8) is 0 Å². The number of esters is 1. The first-order valence-corrected chi connectivity index (χ1v) is 7.65. The Morgan fingerprint density at radius 2 is 1.86 bits per heavy atom. The monoisotopic (exact) mass is 313 g/mol. The summed E-state index contributed by atoms with van der Waals surface area (Å²) in [5.74, 6) is -1.75. The van der Waals surface area contributed by atoms with Crippen molar-refractivity contribution in [2.45, 2.75) is 24.3 Å². The molecule has 0 aromatic heterocycles. The molecule has 1 aliphatic rings. The fourth-order valence-corrected chi connectivity index (χ4v) is 3.82. The second kappa shape index (κ2) is 5.12. The Morgan fingerprint density at radius 3 is 2.38 bits per heavy atom. The second-order valence-corrected chi connectivity index (χ2v) is 6.96. The van der Waals surface area contributed by atoms with E-state index < -0.39 is 27.5 Å². The Kier molecular flexibility index (Phi) is 3.77. The van der Waals surface area contributed by atoms with Gasteiger partial charge in [0.2, 0.25) is 10.0 Å². The molecule has 0 atom stereocenters. The van der Waals surface area contributed by atoms with Gasteiger partial charge in [-0.25, -0.2) is 13.2 Å². The molecule has 0 saturated carbocycles. The summed E-state index contributed by atoms with van der Waals surface area (Å²) < 4.78 is 31.2. The van der Waals surface area contributed by atoms with Gasteiger partial charge in [0.25, 0.3) is 0 Å². The largest absolute Gasteiger partial charge is 0.478 e. The number of ether oxygens (including phenoxy) is 1. The zero-order valence-electron chi connectivity index (χ0n) is 11.6. The fourth-order valence-electron chi connectivity index (χ4n) is 2.10. The molecule has 114 valence electrons. The van der Waals surface area contributed by atoms with Crippen LogP contribution in [0.3, 0.4) is 0 Å². The van der Waals surface area contributed by atoms with Crippen LogP contribution in [-0.4, -0.2) is 48.5 Å². The molecule has 0 unspecified atom stereocenters. The minimum Gasteiger partial charge on any atom is -0.478 e. The summed E-state index contributed by atoms with van der Waals surface area (Å²) in [7, 11) is -3.91. The van der Waals surface area contributed by atoms with E-state index in [1.165, 1.54) is 38.1 Å². The number of cyclic esters (lactones) is 1. The average Bonchev–Trinajstić information content (AvgIpc) is 2.41. The third-order valence-electron chi connectivity index (χ3n) is 3.34. The van der Waals surface area contributed by atoms with E-state index in [4.69, 9.17) is 9.84 Å². The Labute approximate surface area is 122 Å². The molecule has 0 spiro atoms. The molecule has 0 bridgehead atoms. The number of nitrogens with zero attached hydrogens (tertiary/aromatic N) is 1. The normalized spacial score (nSPS) is 19.0. The van der Waals surface area contributed by atoms with Crippen LogP contribution in [0, 0.1) is 0 Å². The van der Waals surface area contributed by atoms with Crippen molar-refractivity contribution in [2.75, 3.05) is 13.2 Å². The number of carboxylic acid groups (broad SMARTS) is 1. The number of carbonyl (C=O) groups is 2. The summed E-state index contributed by atoms with van der Waals surface area (Å²) in [5, 5.41) is 8.82. The smallest absolute Gasteiger partial charge is 0.335 e. The van der Waals surface area contributed by atoms with E-state index in [9.17, 15) is 18.0 Å². The van der Waals surface area contributed by atoms with Crippen LogP contribution in [0.4, 0.5) is 0 Å². The molecular weight excluding hydrogens is 298 g/mol. The molecule has 1 aliphatic heterocycles. The van der Waals surface area contributed by atoms with Gasteiger partial charge in [-0.1, -0.05) is 0 Å². The van der Waals surface area contributed by atoms with Gasteiger partial charge in [0.15, 0.2) is 0 Å². The number of carboxylic acids is 1. The van der Waals surface area contributed by atoms with Gasteiger partial charge >= 0.3 is 11.9 Å². The maximum atomic E-state index is 12.6. The average molecular weight is 313 g/mol. The molecule has 1 aromatic rings. The lowest BCUT2D eigenvalue weighted by atomic mass is 10.1. The maximum absolute atomic E-state index is 12.6.